The summed E-state index contributed by atoms with van der Waals surface area (Å²) in [7, 11) is 3.19. The van der Waals surface area contributed by atoms with E-state index in [1.165, 1.54) is 6.33 Å². The fraction of sp³-hybridized carbons (Fsp3) is 0.240. The molecule has 1 atom stereocenters. The Hall–Kier alpha value is -4.11. The number of methoxy groups -OCH3 is 2. The van der Waals surface area contributed by atoms with E-state index in [2.05, 4.69) is 4.98 Å². The molecule has 0 saturated carbocycles. The van der Waals surface area contributed by atoms with Gasteiger partial charge in [-0.2, -0.15) is 5.10 Å². The molecule has 0 fully saturated rings. The highest BCUT2D eigenvalue weighted by atomic mass is 16.5. The van der Waals surface area contributed by atoms with E-state index in [4.69, 9.17) is 24.7 Å². The number of para-hydroxylation sites is 1. The Morgan fingerprint density at radius 1 is 1.06 bits per heavy atom. The Balaban J connectivity index is 1.79. The predicted octanol–water partition coefficient (Wildman–Crippen LogP) is 3.15. The van der Waals surface area contributed by atoms with Gasteiger partial charge in [-0.1, -0.05) is 24.3 Å². The SMILES string of the molecule is COc1ccc(C2c3c(C)nn(-c4ccccc4)c3Oc3ncn(CCO)c(=N)c32)cc1OC. The minimum Gasteiger partial charge on any atom is -0.493 e. The van der Waals surface area contributed by atoms with Crippen LogP contribution in [0.1, 0.15) is 28.3 Å². The second-order valence-electron chi connectivity index (χ2n) is 7.93. The lowest BCUT2D eigenvalue weighted by molar-refractivity contribution is 0.271. The lowest BCUT2D eigenvalue weighted by Crippen LogP contribution is -2.30. The molecule has 0 spiro atoms. The molecule has 9 heteroatoms. The van der Waals surface area contributed by atoms with Gasteiger partial charge in [-0.05, 0) is 36.8 Å². The van der Waals surface area contributed by atoms with Gasteiger partial charge in [0.25, 0.3) is 0 Å². The van der Waals surface area contributed by atoms with Crippen LogP contribution in [0.15, 0.2) is 54.9 Å². The molecule has 0 radical (unpaired) electrons. The molecular weight excluding hydrogens is 434 g/mol. The Bertz CT molecular complexity index is 1410. The van der Waals surface area contributed by atoms with Crippen molar-refractivity contribution >= 4 is 0 Å². The van der Waals surface area contributed by atoms with Gasteiger partial charge in [0, 0.05) is 6.54 Å². The molecule has 0 saturated heterocycles. The van der Waals surface area contributed by atoms with Crippen molar-refractivity contribution in [2.75, 3.05) is 20.8 Å². The zero-order valence-corrected chi connectivity index (χ0v) is 19.1. The van der Waals surface area contributed by atoms with Gasteiger partial charge >= 0.3 is 0 Å². The molecule has 1 aliphatic heterocycles. The van der Waals surface area contributed by atoms with E-state index in [0.29, 0.717) is 28.8 Å². The highest BCUT2D eigenvalue weighted by Gasteiger charge is 2.37. The third-order valence-electron chi connectivity index (χ3n) is 6.00. The molecule has 0 bridgehead atoms. The van der Waals surface area contributed by atoms with Crippen LogP contribution in [-0.2, 0) is 6.54 Å². The number of aliphatic hydroxyl groups is 1. The maximum Gasteiger partial charge on any atom is 0.230 e. The maximum atomic E-state index is 9.48. The molecular formula is C25H25N5O4. The highest BCUT2D eigenvalue weighted by Crippen LogP contribution is 2.48. The zero-order valence-electron chi connectivity index (χ0n) is 19.1. The van der Waals surface area contributed by atoms with Gasteiger partial charge in [-0.25, -0.2) is 9.67 Å². The first-order chi connectivity index (χ1) is 16.6. The Kier molecular flexibility index (Phi) is 5.54. The number of aryl methyl sites for hydroxylation is 1. The maximum absolute atomic E-state index is 9.48. The number of nitrogens with zero attached hydrogens (tertiary/aromatic N) is 4. The molecule has 0 amide bonds. The Morgan fingerprint density at radius 2 is 1.82 bits per heavy atom. The van der Waals surface area contributed by atoms with Crippen molar-refractivity contribution in [3.05, 3.63) is 82.7 Å². The Morgan fingerprint density at radius 3 is 2.53 bits per heavy atom. The third kappa shape index (κ3) is 3.41. The van der Waals surface area contributed by atoms with Crippen LogP contribution in [0.3, 0.4) is 0 Å². The number of nitrogens with one attached hydrogen (secondary N) is 1. The van der Waals surface area contributed by atoms with Crippen LogP contribution in [0.2, 0.25) is 0 Å². The monoisotopic (exact) mass is 459 g/mol. The average Bonchev–Trinajstić information content (AvgIpc) is 3.20. The summed E-state index contributed by atoms with van der Waals surface area (Å²) in [5.74, 6) is 1.71. The lowest BCUT2D eigenvalue weighted by atomic mass is 9.84. The summed E-state index contributed by atoms with van der Waals surface area (Å²) in [4.78, 5) is 4.51. The molecule has 5 rings (SSSR count). The number of benzene rings is 2. The summed E-state index contributed by atoms with van der Waals surface area (Å²) in [5, 5.41) is 23.2. The molecule has 0 aliphatic carbocycles. The van der Waals surface area contributed by atoms with Crippen LogP contribution in [0.4, 0.5) is 0 Å². The number of aliphatic hydroxyl groups excluding tert-OH is 1. The van der Waals surface area contributed by atoms with Crippen LogP contribution in [-0.4, -0.2) is 45.3 Å². The van der Waals surface area contributed by atoms with Crippen molar-refractivity contribution in [1.29, 1.82) is 5.41 Å². The van der Waals surface area contributed by atoms with Crippen LogP contribution in [0, 0.1) is 12.3 Å². The van der Waals surface area contributed by atoms with E-state index in [1.54, 1.807) is 23.5 Å². The summed E-state index contributed by atoms with van der Waals surface area (Å²) in [6, 6.07) is 15.5. The van der Waals surface area contributed by atoms with E-state index in [1.807, 2.05) is 55.5 Å². The minimum atomic E-state index is -0.387. The van der Waals surface area contributed by atoms with Gasteiger partial charge < -0.3 is 23.9 Å². The second-order valence-corrected chi connectivity index (χ2v) is 7.93. The van der Waals surface area contributed by atoms with Crippen molar-refractivity contribution in [3.63, 3.8) is 0 Å². The van der Waals surface area contributed by atoms with Crippen molar-refractivity contribution in [3.8, 4) is 28.9 Å². The van der Waals surface area contributed by atoms with Crippen LogP contribution < -0.4 is 19.7 Å². The molecule has 1 aliphatic rings. The number of aromatic nitrogens is 4. The van der Waals surface area contributed by atoms with Crippen LogP contribution in [0.5, 0.6) is 23.3 Å². The van der Waals surface area contributed by atoms with E-state index in [9.17, 15) is 5.11 Å². The van der Waals surface area contributed by atoms with Gasteiger partial charge in [0.15, 0.2) is 11.5 Å². The normalized spacial score (nSPS) is 14.2. The molecule has 2 aromatic carbocycles. The fourth-order valence-electron chi connectivity index (χ4n) is 4.42. The smallest absolute Gasteiger partial charge is 0.230 e. The number of fused-ring (bicyclic) bond motifs is 2. The number of ether oxygens (including phenoxy) is 3. The van der Waals surface area contributed by atoms with E-state index < -0.39 is 0 Å². The number of hydrogen-bond acceptors (Lipinski definition) is 7. The molecule has 2 N–H and O–H groups in total. The molecule has 3 heterocycles. The average molecular weight is 460 g/mol. The summed E-state index contributed by atoms with van der Waals surface area (Å²) in [6.07, 6.45) is 1.52. The quantitative estimate of drug-likeness (QED) is 0.404. The molecule has 9 nitrogen and oxygen atoms in total. The zero-order chi connectivity index (χ0) is 23.8. The first-order valence-corrected chi connectivity index (χ1v) is 10.9. The molecule has 4 aromatic rings. The van der Waals surface area contributed by atoms with Crippen LogP contribution >= 0.6 is 0 Å². The standard InChI is InChI=1S/C25H25N5O4/c1-15-20-21(16-9-10-18(32-2)19(13-16)33-3)22-23(26)29(11-12-31)14-27-24(22)34-25(20)30(28-15)17-7-5-4-6-8-17/h4-10,13-14,21,26,31H,11-12H2,1-3H3. The van der Waals surface area contributed by atoms with Crippen molar-refractivity contribution in [2.45, 2.75) is 19.4 Å². The first-order valence-electron chi connectivity index (χ1n) is 10.9. The largest absolute Gasteiger partial charge is 0.493 e. The van der Waals surface area contributed by atoms with Gasteiger partial charge in [-0.3, -0.25) is 5.41 Å². The molecule has 1 unspecified atom stereocenters. The second kappa shape index (κ2) is 8.68. The van der Waals surface area contributed by atoms with E-state index >= 15 is 0 Å². The van der Waals surface area contributed by atoms with Gasteiger partial charge in [0.1, 0.15) is 11.8 Å². The predicted molar refractivity (Wildman–Crippen MR) is 124 cm³/mol. The lowest BCUT2D eigenvalue weighted by Gasteiger charge is -2.27. The number of rotatable bonds is 6. The van der Waals surface area contributed by atoms with Crippen molar-refractivity contribution in [2.24, 2.45) is 0 Å². The van der Waals surface area contributed by atoms with Gasteiger partial charge in [0.05, 0.1) is 49.3 Å². The molecule has 34 heavy (non-hydrogen) atoms. The topological polar surface area (TPSA) is 107 Å². The minimum absolute atomic E-state index is 0.102. The fourth-order valence-corrected chi connectivity index (χ4v) is 4.42. The highest BCUT2D eigenvalue weighted by molar-refractivity contribution is 5.59. The van der Waals surface area contributed by atoms with E-state index in [-0.39, 0.29) is 24.6 Å². The van der Waals surface area contributed by atoms with Crippen LogP contribution in [0.25, 0.3) is 5.69 Å². The summed E-state index contributed by atoms with van der Waals surface area (Å²) < 4.78 is 20.7. The summed E-state index contributed by atoms with van der Waals surface area (Å²) >= 11 is 0. The van der Waals surface area contributed by atoms with E-state index in [0.717, 1.165) is 22.5 Å². The number of hydrogen-bond donors (Lipinski definition) is 2. The first kappa shape index (κ1) is 21.7. The van der Waals surface area contributed by atoms with Gasteiger partial charge in [0.2, 0.25) is 11.8 Å². The van der Waals surface area contributed by atoms with Crippen molar-refractivity contribution in [1.82, 2.24) is 19.3 Å². The molecule has 174 valence electrons. The Labute approximate surface area is 196 Å². The summed E-state index contributed by atoms with van der Waals surface area (Å²) in [5.41, 5.74) is 4.19. The van der Waals surface area contributed by atoms with Gasteiger partial charge in [-0.15, -0.1) is 0 Å². The van der Waals surface area contributed by atoms with Crippen molar-refractivity contribution < 1.29 is 19.3 Å². The molecule has 2 aromatic heterocycles. The summed E-state index contributed by atoms with van der Waals surface area (Å²) in [6.45, 7) is 2.09. The third-order valence-corrected chi connectivity index (χ3v) is 6.00.